The Bertz CT molecular complexity index is 1060. The van der Waals surface area contributed by atoms with E-state index in [9.17, 15) is 19.2 Å². The van der Waals surface area contributed by atoms with Gasteiger partial charge < -0.3 is 14.8 Å². The van der Waals surface area contributed by atoms with Gasteiger partial charge >= 0.3 is 5.97 Å². The lowest BCUT2D eigenvalue weighted by Gasteiger charge is -2.39. The van der Waals surface area contributed by atoms with Crippen LogP contribution in [0.25, 0.3) is 0 Å². The molecule has 1 amide bonds. The van der Waals surface area contributed by atoms with E-state index in [1.165, 1.54) is 13.8 Å². The molecule has 0 saturated carbocycles. The van der Waals surface area contributed by atoms with E-state index >= 15 is 0 Å². The number of esters is 1. The summed E-state index contributed by atoms with van der Waals surface area (Å²) in [6.45, 7) is 6.04. The van der Waals surface area contributed by atoms with Crippen molar-refractivity contribution >= 4 is 29.1 Å². The molecule has 3 rings (SSSR count). The summed E-state index contributed by atoms with van der Waals surface area (Å²) in [6, 6.07) is 12.7. The molecule has 2 aromatic carbocycles. The fraction of sp³-hybridized carbons (Fsp3) is 0.360. The third-order valence-electron chi connectivity index (χ3n) is 5.42. The molecule has 0 spiro atoms. The quantitative estimate of drug-likeness (QED) is 0.524. The average molecular weight is 437 g/mol. The lowest BCUT2D eigenvalue weighted by atomic mass is 9.70. The zero-order valence-electron chi connectivity index (χ0n) is 18.7. The lowest BCUT2D eigenvalue weighted by molar-refractivity contribution is -0.176. The Labute approximate surface area is 187 Å². The van der Waals surface area contributed by atoms with Crippen LogP contribution in [0.1, 0.15) is 50.8 Å². The molecule has 1 aliphatic carbocycles. The number of carbonyl (C=O) groups excluding carboxylic acids is 4. The molecule has 32 heavy (non-hydrogen) atoms. The predicted molar refractivity (Wildman–Crippen MR) is 118 cm³/mol. The van der Waals surface area contributed by atoms with Crippen LogP contribution in [0.4, 0.5) is 5.69 Å². The number of ketones is 2. The highest BCUT2D eigenvalue weighted by Crippen LogP contribution is 2.46. The number of anilines is 1. The number of hydrogen-bond donors (Lipinski definition) is 1. The topological polar surface area (TPSA) is 98.8 Å². The molecular formula is C25H27NO6. The van der Waals surface area contributed by atoms with E-state index in [1.54, 1.807) is 26.0 Å². The smallest absolute Gasteiger partial charge is 0.304 e. The normalized spacial score (nSPS) is 19.6. The second kappa shape index (κ2) is 9.34. The standard InChI is InChI=1S/C25H27NO6/c1-5-22(29)25(32-17(4)28)23-19(11-15(2)24(25)30)12-20(26-16(3)27)13-21(23)31-14-18-9-7-6-8-10-18/h6-10,12-13,15H,5,11,14H2,1-4H3,(H,26,27). The Morgan fingerprint density at radius 1 is 1.12 bits per heavy atom. The van der Waals surface area contributed by atoms with Crippen molar-refractivity contribution in [2.24, 2.45) is 5.92 Å². The first-order valence-corrected chi connectivity index (χ1v) is 10.6. The van der Waals surface area contributed by atoms with Gasteiger partial charge in [-0.1, -0.05) is 44.2 Å². The van der Waals surface area contributed by atoms with Gasteiger partial charge in [0.25, 0.3) is 5.60 Å². The van der Waals surface area contributed by atoms with Crippen LogP contribution in [-0.2, 0) is 42.5 Å². The summed E-state index contributed by atoms with van der Waals surface area (Å²) in [6.07, 6.45) is 0.319. The molecule has 0 bridgehead atoms. The molecular weight excluding hydrogens is 410 g/mol. The highest BCUT2D eigenvalue weighted by atomic mass is 16.6. The SMILES string of the molecule is CCC(=O)C1(OC(C)=O)C(=O)C(C)Cc2cc(NC(C)=O)cc(OCc3ccccc3)c21. The third-order valence-corrected chi connectivity index (χ3v) is 5.42. The molecule has 0 heterocycles. The van der Waals surface area contributed by atoms with E-state index in [2.05, 4.69) is 5.32 Å². The fourth-order valence-electron chi connectivity index (χ4n) is 4.15. The Morgan fingerprint density at radius 2 is 1.81 bits per heavy atom. The van der Waals surface area contributed by atoms with Crippen LogP contribution in [0.3, 0.4) is 0 Å². The van der Waals surface area contributed by atoms with Gasteiger partial charge in [-0.05, 0) is 23.6 Å². The number of amides is 1. The van der Waals surface area contributed by atoms with Crippen LogP contribution in [-0.4, -0.2) is 23.4 Å². The summed E-state index contributed by atoms with van der Waals surface area (Å²) in [5.41, 5.74) is 0.138. The highest BCUT2D eigenvalue weighted by molar-refractivity contribution is 6.14. The number of ether oxygens (including phenoxy) is 2. The first-order chi connectivity index (χ1) is 15.2. The monoisotopic (exact) mass is 437 g/mol. The summed E-state index contributed by atoms with van der Waals surface area (Å²) in [5.74, 6) is -2.33. The molecule has 2 aromatic rings. The number of fused-ring (bicyclic) bond motifs is 1. The largest absolute Gasteiger partial charge is 0.488 e. The van der Waals surface area contributed by atoms with Gasteiger partial charge in [0, 0.05) is 37.9 Å². The Balaban J connectivity index is 2.24. The summed E-state index contributed by atoms with van der Waals surface area (Å²) in [4.78, 5) is 50.4. The van der Waals surface area contributed by atoms with Crippen LogP contribution >= 0.6 is 0 Å². The van der Waals surface area contributed by atoms with Gasteiger partial charge in [0.2, 0.25) is 5.91 Å². The van der Waals surface area contributed by atoms with Crippen molar-refractivity contribution in [1.82, 2.24) is 0 Å². The summed E-state index contributed by atoms with van der Waals surface area (Å²) in [5, 5.41) is 2.73. The van der Waals surface area contributed by atoms with E-state index in [-0.39, 0.29) is 30.2 Å². The lowest BCUT2D eigenvalue weighted by Crippen LogP contribution is -2.53. The number of hydrogen-bond acceptors (Lipinski definition) is 6. The first-order valence-electron chi connectivity index (χ1n) is 10.6. The van der Waals surface area contributed by atoms with Crippen molar-refractivity contribution in [3.63, 3.8) is 0 Å². The summed E-state index contributed by atoms with van der Waals surface area (Å²) < 4.78 is 11.6. The number of carbonyl (C=O) groups is 4. The molecule has 0 radical (unpaired) electrons. The van der Waals surface area contributed by atoms with Crippen molar-refractivity contribution in [3.05, 3.63) is 59.2 Å². The maximum atomic E-state index is 13.4. The highest BCUT2D eigenvalue weighted by Gasteiger charge is 2.56. The van der Waals surface area contributed by atoms with E-state index in [0.29, 0.717) is 17.7 Å². The Kier molecular flexibility index (Phi) is 6.77. The van der Waals surface area contributed by atoms with E-state index in [1.807, 2.05) is 30.3 Å². The van der Waals surface area contributed by atoms with E-state index in [0.717, 1.165) is 5.56 Å². The van der Waals surface area contributed by atoms with Gasteiger partial charge in [-0.3, -0.25) is 19.2 Å². The molecule has 0 saturated heterocycles. The predicted octanol–water partition coefficient (Wildman–Crippen LogP) is 3.72. The average Bonchev–Trinajstić information content (AvgIpc) is 2.74. The molecule has 2 unspecified atom stereocenters. The zero-order chi connectivity index (χ0) is 23.5. The molecule has 7 nitrogen and oxygen atoms in total. The van der Waals surface area contributed by atoms with E-state index < -0.39 is 29.1 Å². The molecule has 1 N–H and O–H groups in total. The minimum atomic E-state index is -2.08. The Morgan fingerprint density at radius 3 is 2.41 bits per heavy atom. The number of rotatable bonds is 7. The van der Waals surface area contributed by atoms with Crippen molar-refractivity contribution in [2.75, 3.05) is 5.32 Å². The van der Waals surface area contributed by atoms with E-state index in [4.69, 9.17) is 9.47 Å². The molecule has 0 fully saturated rings. The first kappa shape index (κ1) is 23.2. The van der Waals surface area contributed by atoms with Crippen LogP contribution in [0, 0.1) is 5.92 Å². The summed E-state index contributed by atoms with van der Waals surface area (Å²) >= 11 is 0. The molecule has 168 valence electrons. The minimum absolute atomic E-state index is 0.00322. The number of benzene rings is 2. The molecule has 2 atom stereocenters. The molecule has 1 aliphatic rings. The molecule has 7 heteroatoms. The van der Waals surface area contributed by atoms with Crippen LogP contribution < -0.4 is 10.1 Å². The van der Waals surface area contributed by atoms with Crippen molar-refractivity contribution in [3.8, 4) is 5.75 Å². The van der Waals surface area contributed by atoms with Gasteiger partial charge in [0.05, 0.1) is 5.56 Å². The number of nitrogens with one attached hydrogen (secondary N) is 1. The summed E-state index contributed by atoms with van der Waals surface area (Å²) in [7, 11) is 0. The van der Waals surface area contributed by atoms with Crippen LogP contribution in [0.2, 0.25) is 0 Å². The van der Waals surface area contributed by atoms with Gasteiger partial charge in [0.1, 0.15) is 12.4 Å². The zero-order valence-corrected chi connectivity index (χ0v) is 18.7. The molecule has 0 aromatic heterocycles. The maximum absolute atomic E-state index is 13.4. The van der Waals surface area contributed by atoms with Crippen LogP contribution in [0.15, 0.2) is 42.5 Å². The van der Waals surface area contributed by atoms with Gasteiger partial charge in [-0.15, -0.1) is 0 Å². The van der Waals surface area contributed by atoms with Crippen molar-refractivity contribution in [2.45, 2.75) is 52.7 Å². The maximum Gasteiger partial charge on any atom is 0.304 e. The molecule has 0 aliphatic heterocycles. The van der Waals surface area contributed by atoms with Gasteiger partial charge in [-0.25, -0.2) is 0 Å². The Hall–Kier alpha value is -3.48. The van der Waals surface area contributed by atoms with Crippen molar-refractivity contribution in [1.29, 1.82) is 0 Å². The second-order valence-corrected chi connectivity index (χ2v) is 7.98. The second-order valence-electron chi connectivity index (χ2n) is 7.98. The van der Waals surface area contributed by atoms with Crippen LogP contribution in [0.5, 0.6) is 5.75 Å². The van der Waals surface area contributed by atoms with Gasteiger partial charge in [0.15, 0.2) is 11.6 Å². The van der Waals surface area contributed by atoms with Crippen molar-refractivity contribution < 1.29 is 28.7 Å². The third kappa shape index (κ3) is 4.42. The fourth-order valence-corrected chi connectivity index (χ4v) is 4.15. The van der Waals surface area contributed by atoms with Gasteiger partial charge in [-0.2, -0.15) is 0 Å². The minimum Gasteiger partial charge on any atom is -0.488 e. The number of Topliss-reactive ketones (excluding diaryl/α,β-unsaturated/α-hetero) is 2.